The van der Waals surface area contributed by atoms with E-state index in [1.165, 1.54) is 0 Å². The van der Waals surface area contributed by atoms with Crippen molar-refractivity contribution in [3.63, 3.8) is 0 Å². The SMILES string of the molecule is COc1ccc(C)cc1NC(=O)[C@@H](NCc1cc(Cl)c2c(c1)OCCCO2)c1ccccc1. The number of benzene rings is 3. The molecule has 0 aliphatic carbocycles. The molecule has 0 bridgehead atoms. The van der Waals surface area contributed by atoms with E-state index >= 15 is 0 Å². The highest BCUT2D eigenvalue weighted by Gasteiger charge is 2.22. The van der Waals surface area contributed by atoms with E-state index in [9.17, 15) is 4.79 Å². The molecule has 3 aromatic rings. The number of rotatable bonds is 7. The lowest BCUT2D eigenvalue weighted by molar-refractivity contribution is -0.118. The van der Waals surface area contributed by atoms with Crippen LogP contribution in [0.5, 0.6) is 17.2 Å². The number of hydrogen-bond donors (Lipinski definition) is 2. The molecule has 33 heavy (non-hydrogen) atoms. The second kappa shape index (κ2) is 10.6. The smallest absolute Gasteiger partial charge is 0.246 e. The van der Waals surface area contributed by atoms with E-state index in [2.05, 4.69) is 10.6 Å². The normalized spacial score (nSPS) is 13.7. The Morgan fingerprint density at radius 3 is 2.67 bits per heavy atom. The molecule has 1 aliphatic rings. The summed E-state index contributed by atoms with van der Waals surface area (Å²) in [6, 6.07) is 18.4. The highest BCUT2D eigenvalue weighted by molar-refractivity contribution is 6.32. The van der Waals surface area contributed by atoms with E-state index in [0.717, 1.165) is 23.1 Å². The minimum atomic E-state index is -0.592. The molecule has 1 atom stereocenters. The number of anilines is 1. The van der Waals surface area contributed by atoms with E-state index in [0.29, 0.717) is 47.7 Å². The molecule has 1 heterocycles. The molecule has 0 spiro atoms. The van der Waals surface area contributed by atoms with Gasteiger partial charge in [-0.05, 0) is 47.9 Å². The lowest BCUT2D eigenvalue weighted by Crippen LogP contribution is -2.33. The van der Waals surface area contributed by atoms with Crippen molar-refractivity contribution < 1.29 is 19.0 Å². The Hall–Kier alpha value is -3.22. The first-order valence-electron chi connectivity index (χ1n) is 10.9. The zero-order valence-electron chi connectivity index (χ0n) is 18.7. The zero-order valence-corrected chi connectivity index (χ0v) is 19.4. The maximum atomic E-state index is 13.4. The third-order valence-corrected chi connectivity index (χ3v) is 5.66. The monoisotopic (exact) mass is 466 g/mol. The van der Waals surface area contributed by atoms with Crippen LogP contribution < -0.4 is 24.8 Å². The van der Waals surface area contributed by atoms with Crippen molar-refractivity contribution in [1.29, 1.82) is 0 Å². The summed E-state index contributed by atoms with van der Waals surface area (Å²) in [5.41, 5.74) is 3.40. The van der Waals surface area contributed by atoms with Crippen molar-refractivity contribution in [3.05, 3.63) is 82.4 Å². The molecule has 0 radical (unpaired) electrons. The molecule has 3 aromatic carbocycles. The lowest BCUT2D eigenvalue weighted by atomic mass is 10.0. The van der Waals surface area contributed by atoms with Crippen LogP contribution >= 0.6 is 11.6 Å². The molecule has 7 heteroatoms. The minimum absolute atomic E-state index is 0.189. The summed E-state index contributed by atoms with van der Waals surface area (Å²) >= 11 is 6.44. The van der Waals surface area contributed by atoms with E-state index in [1.54, 1.807) is 7.11 Å². The van der Waals surface area contributed by atoms with E-state index < -0.39 is 6.04 Å². The predicted octanol–water partition coefficient (Wildman–Crippen LogP) is 5.29. The van der Waals surface area contributed by atoms with Crippen molar-refractivity contribution in [2.45, 2.75) is 25.9 Å². The van der Waals surface area contributed by atoms with Crippen molar-refractivity contribution in [3.8, 4) is 17.2 Å². The van der Waals surface area contributed by atoms with Crippen LogP contribution in [-0.4, -0.2) is 26.2 Å². The zero-order chi connectivity index (χ0) is 23.2. The Bertz CT molecular complexity index is 1120. The van der Waals surface area contributed by atoms with E-state index in [1.807, 2.05) is 67.6 Å². The number of nitrogens with one attached hydrogen (secondary N) is 2. The van der Waals surface area contributed by atoms with E-state index in [4.69, 9.17) is 25.8 Å². The van der Waals surface area contributed by atoms with Crippen molar-refractivity contribution in [2.24, 2.45) is 0 Å². The van der Waals surface area contributed by atoms with Crippen LogP contribution in [0, 0.1) is 6.92 Å². The summed E-state index contributed by atoms with van der Waals surface area (Å²) in [5.74, 6) is 1.62. The number of carbonyl (C=O) groups is 1. The number of halogens is 1. The molecular weight excluding hydrogens is 440 g/mol. The molecule has 172 valence electrons. The van der Waals surface area contributed by atoms with Gasteiger partial charge in [0.25, 0.3) is 0 Å². The van der Waals surface area contributed by atoms with Crippen LogP contribution in [-0.2, 0) is 11.3 Å². The largest absolute Gasteiger partial charge is 0.495 e. The van der Waals surface area contributed by atoms with Gasteiger partial charge in [-0.3, -0.25) is 10.1 Å². The number of fused-ring (bicyclic) bond motifs is 1. The quantitative estimate of drug-likeness (QED) is 0.495. The van der Waals surface area contributed by atoms with Crippen molar-refractivity contribution in [1.82, 2.24) is 5.32 Å². The Morgan fingerprint density at radius 2 is 1.88 bits per heavy atom. The molecule has 0 fully saturated rings. The fourth-order valence-electron chi connectivity index (χ4n) is 3.74. The maximum Gasteiger partial charge on any atom is 0.246 e. The number of carbonyl (C=O) groups excluding carboxylic acids is 1. The molecule has 0 unspecified atom stereocenters. The molecule has 6 nitrogen and oxygen atoms in total. The van der Waals surface area contributed by atoms with Crippen LogP contribution in [0.25, 0.3) is 0 Å². The van der Waals surface area contributed by atoms with Gasteiger partial charge in [0.1, 0.15) is 11.8 Å². The van der Waals surface area contributed by atoms with Crippen LogP contribution in [0.3, 0.4) is 0 Å². The van der Waals surface area contributed by atoms with Gasteiger partial charge in [-0.1, -0.05) is 48.0 Å². The molecule has 4 rings (SSSR count). The second-order valence-corrected chi connectivity index (χ2v) is 8.28. The molecule has 0 aromatic heterocycles. The average Bonchev–Trinajstić information content (AvgIpc) is 3.06. The summed E-state index contributed by atoms with van der Waals surface area (Å²) in [4.78, 5) is 13.4. The summed E-state index contributed by atoms with van der Waals surface area (Å²) in [7, 11) is 1.58. The van der Waals surface area contributed by atoms with E-state index in [-0.39, 0.29) is 5.91 Å². The van der Waals surface area contributed by atoms with Gasteiger partial charge >= 0.3 is 0 Å². The lowest BCUT2D eigenvalue weighted by Gasteiger charge is -2.21. The number of ether oxygens (including phenoxy) is 3. The third kappa shape index (κ3) is 5.59. The van der Waals surface area contributed by atoms with Crippen LogP contribution in [0.1, 0.15) is 29.2 Å². The molecule has 1 aliphatic heterocycles. The number of hydrogen-bond acceptors (Lipinski definition) is 5. The average molecular weight is 467 g/mol. The molecular formula is C26H27ClN2O4. The first kappa shape index (κ1) is 23.0. The Balaban J connectivity index is 1.56. The topological polar surface area (TPSA) is 68.8 Å². The Kier molecular flexibility index (Phi) is 7.37. The first-order chi connectivity index (χ1) is 16.0. The number of amides is 1. The van der Waals surface area contributed by atoms with Crippen molar-refractivity contribution >= 4 is 23.2 Å². The standard InChI is InChI=1S/C26H27ClN2O4/c1-17-9-10-22(31-2)21(13-17)29-26(30)24(19-7-4-3-5-8-19)28-16-18-14-20(27)25-23(15-18)32-11-6-12-33-25/h3-5,7-10,13-15,24,28H,6,11-12,16H2,1-2H3,(H,29,30)/t24-/m0/s1. The molecule has 0 saturated heterocycles. The number of methoxy groups -OCH3 is 1. The van der Waals surface area contributed by atoms with Gasteiger partial charge in [0.2, 0.25) is 5.91 Å². The van der Waals surface area contributed by atoms with Gasteiger partial charge in [0, 0.05) is 13.0 Å². The number of aryl methyl sites for hydroxylation is 1. The molecule has 0 saturated carbocycles. The maximum absolute atomic E-state index is 13.4. The van der Waals surface area contributed by atoms with Gasteiger partial charge in [0.05, 0.1) is 31.0 Å². The summed E-state index contributed by atoms with van der Waals surface area (Å²) in [6.45, 7) is 3.53. The van der Waals surface area contributed by atoms with Gasteiger partial charge in [-0.25, -0.2) is 0 Å². The van der Waals surface area contributed by atoms with Gasteiger partial charge in [-0.2, -0.15) is 0 Å². The van der Waals surface area contributed by atoms with Crippen molar-refractivity contribution in [2.75, 3.05) is 25.6 Å². The Morgan fingerprint density at radius 1 is 1.09 bits per heavy atom. The fourth-order valence-corrected chi connectivity index (χ4v) is 4.03. The first-order valence-corrected chi connectivity index (χ1v) is 11.2. The summed E-state index contributed by atoms with van der Waals surface area (Å²) < 4.78 is 16.9. The minimum Gasteiger partial charge on any atom is -0.495 e. The van der Waals surface area contributed by atoms with Gasteiger partial charge in [-0.15, -0.1) is 0 Å². The predicted molar refractivity (Wildman–Crippen MR) is 129 cm³/mol. The summed E-state index contributed by atoms with van der Waals surface area (Å²) in [6.07, 6.45) is 0.803. The summed E-state index contributed by atoms with van der Waals surface area (Å²) in [5, 5.41) is 6.87. The highest BCUT2D eigenvalue weighted by atomic mass is 35.5. The van der Waals surface area contributed by atoms with Crippen LogP contribution in [0.2, 0.25) is 5.02 Å². The fraction of sp³-hybridized carbons (Fsp3) is 0.269. The third-order valence-electron chi connectivity index (χ3n) is 5.38. The molecule has 1 amide bonds. The van der Waals surface area contributed by atoms with Gasteiger partial charge < -0.3 is 19.5 Å². The highest BCUT2D eigenvalue weighted by Crippen LogP contribution is 2.38. The molecule has 2 N–H and O–H groups in total. The Labute approximate surface area is 198 Å². The second-order valence-electron chi connectivity index (χ2n) is 7.87. The van der Waals surface area contributed by atoms with Gasteiger partial charge in [0.15, 0.2) is 11.5 Å². The van der Waals surface area contributed by atoms with Crippen LogP contribution in [0.4, 0.5) is 5.69 Å². The van der Waals surface area contributed by atoms with Crippen LogP contribution in [0.15, 0.2) is 60.7 Å².